The summed E-state index contributed by atoms with van der Waals surface area (Å²) in [5.74, 6) is 3.73. The Morgan fingerprint density at radius 3 is 2.48 bits per heavy atom. The monoisotopic (exact) mass is 541 g/mol. The van der Waals surface area contributed by atoms with Crippen molar-refractivity contribution in [3.8, 4) is 22.8 Å². The van der Waals surface area contributed by atoms with E-state index in [4.69, 9.17) is 34.5 Å². The molecule has 4 aromatic rings. The van der Waals surface area contributed by atoms with Crippen LogP contribution in [0.1, 0.15) is 18.1 Å². The number of carboxylic acid groups (broad SMARTS) is 1. The van der Waals surface area contributed by atoms with Crippen LogP contribution in [0.5, 0.6) is 11.5 Å². The van der Waals surface area contributed by atoms with Gasteiger partial charge in [-0.2, -0.15) is 0 Å². The number of hydrogen-bond acceptors (Lipinski definition) is 9. The maximum absolute atomic E-state index is 11.2. The third kappa shape index (κ3) is 5.73. The first kappa shape index (κ1) is 26.7. The number of carbonyl (C=O) groups is 1. The minimum absolute atomic E-state index is 0.175. The van der Waals surface area contributed by atoms with E-state index in [1.807, 2.05) is 67.5 Å². The van der Waals surface area contributed by atoms with E-state index >= 15 is 0 Å². The normalized spacial score (nSPS) is 15.0. The Bertz CT molecular complexity index is 1570. The van der Waals surface area contributed by atoms with E-state index in [0.29, 0.717) is 54.2 Å². The summed E-state index contributed by atoms with van der Waals surface area (Å²) in [6.45, 7) is 1.17. The smallest absolute Gasteiger partial charge is 0.404 e. The summed E-state index contributed by atoms with van der Waals surface area (Å²) in [4.78, 5) is 34.2. The second-order valence-electron chi connectivity index (χ2n) is 9.57. The Balaban J connectivity index is 1.55. The van der Waals surface area contributed by atoms with E-state index < -0.39 is 6.09 Å². The Hall–Kier alpha value is -4.93. The van der Waals surface area contributed by atoms with Crippen molar-refractivity contribution in [2.45, 2.75) is 12.5 Å². The van der Waals surface area contributed by atoms with Gasteiger partial charge in [-0.25, -0.2) is 24.7 Å². The maximum Gasteiger partial charge on any atom is 0.404 e. The highest BCUT2D eigenvalue weighted by Gasteiger charge is 2.25. The van der Waals surface area contributed by atoms with E-state index in [1.54, 1.807) is 26.4 Å². The number of rotatable bonds is 8. The van der Waals surface area contributed by atoms with Gasteiger partial charge in [0.15, 0.2) is 23.1 Å². The van der Waals surface area contributed by atoms with Gasteiger partial charge in [0, 0.05) is 44.2 Å². The van der Waals surface area contributed by atoms with Gasteiger partial charge >= 0.3 is 6.09 Å². The summed E-state index contributed by atoms with van der Waals surface area (Å²) in [5, 5.41) is 12.7. The molecular weight excluding hydrogens is 510 g/mol. The van der Waals surface area contributed by atoms with E-state index in [2.05, 4.69) is 10.2 Å². The van der Waals surface area contributed by atoms with Gasteiger partial charge in [0.2, 0.25) is 0 Å². The number of para-hydroxylation sites is 1. The van der Waals surface area contributed by atoms with Crippen LogP contribution < -0.4 is 24.6 Å². The number of anilines is 2. The first-order valence-electron chi connectivity index (χ1n) is 12.8. The number of fused-ring (bicyclic) bond motifs is 1. The molecule has 0 saturated carbocycles. The second kappa shape index (κ2) is 11.4. The molecule has 0 bridgehead atoms. The van der Waals surface area contributed by atoms with Crippen LogP contribution >= 0.6 is 0 Å². The number of nitrogens with zero attached hydrogens (tertiary/aromatic N) is 6. The van der Waals surface area contributed by atoms with Crippen LogP contribution in [0.4, 0.5) is 16.4 Å². The van der Waals surface area contributed by atoms with Crippen molar-refractivity contribution in [1.29, 1.82) is 0 Å². The highest BCUT2D eigenvalue weighted by molar-refractivity contribution is 5.90. The van der Waals surface area contributed by atoms with Gasteiger partial charge < -0.3 is 29.7 Å². The average molecular weight is 542 g/mol. The van der Waals surface area contributed by atoms with E-state index in [1.165, 1.54) is 0 Å². The molecule has 1 amide bonds. The van der Waals surface area contributed by atoms with Crippen molar-refractivity contribution in [2.24, 2.45) is 0 Å². The van der Waals surface area contributed by atoms with Crippen LogP contribution in [0.3, 0.4) is 0 Å². The van der Waals surface area contributed by atoms with Crippen LogP contribution in [0.2, 0.25) is 0 Å². The highest BCUT2D eigenvalue weighted by Crippen LogP contribution is 2.33. The van der Waals surface area contributed by atoms with Crippen molar-refractivity contribution in [2.75, 3.05) is 51.2 Å². The summed E-state index contributed by atoms with van der Waals surface area (Å²) in [7, 11) is 7.08. The Kier molecular flexibility index (Phi) is 7.63. The topological polar surface area (TPSA) is 126 Å². The molecule has 1 unspecified atom stereocenters. The molecule has 2 N–H and O–H groups in total. The molecule has 0 spiro atoms. The first-order valence-corrected chi connectivity index (χ1v) is 12.8. The quantitative estimate of drug-likeness (QED) is 0.335. The second-order valence-corrected chi connectivity index (χ2v) is 9.57. The molecule has 11 heteroatoms. The summed E-state index contributed by atoms with van der Waals surface area (Å²) >= 11 is 0. The SMILES string of the molecule is COc1ccc(-c2cc(N3CCC(NC(=O)O)C3)nc(/C=C/c3nc(N(C)C)c4ccccc4n3)n2)cc1OC. The third-order valence-corrected chi connectivity index (χ3v) is 6.65. The predicted octanol–water partition coefficient (Wildman–Crippen LogP) is 4.19. The Labute approximate surface area is 232 Å². The maximum atomic E-state index is 11.2. The molecule has 1 fully saturated rings. The lowest BCUT2D eigenvalue weighted by atomic mass is 10.1. The number of benzene rings is 2. The van der Waals surface area contributed by atoms with Crippen molar-refractivity contribution in [3.63, 3.8) is 0 Å². The highest BCUT2D eigenvalue weighted by atomic mass is 16.5. The van der Waals surface area contributed by atoms with Crippen LogP contribution in [-0.2, 0) is 0 Å². The molecular formula is C29H31N7O4. The molecule has 1 aliphatic heterocycles. The van der Waals surface area contributed by atoms with Gasteiger partial charge in [-0.3, -0.25) is 0 Å². The van der Waals surface area contributed by atoms with Gasteiger partial charge in [-0.05, 0) is 48.9 Å². The predicted molar refractivity (Wildman–Crippen MR) is 155 cm³/mol. The first-order chi connectivity index (χ1) is 19.3. The fourth-order valence-corrected chi connectivity index (χ4v) is 4.74. The largest absolute Gasteiger partial charge is 0.493 e. The molecule has 1 atom stereocenters. The van der Waals surface area contributed by atoms with Crippen LogP contribution in [-0.4, -0.2) is 78.6 Å². The summed E-state index contributed by atoms with van der Waals surface area (Å²) in [5.41, 5.74) is 2.36. The molecule has 0 aliphatic carbocycles. The number of methoxy groups -OCH3 is 2. The molecule has 11 nitrogen and oxygen atoms in total. The molecule has 2 aromatic heterocycles. The van der Waals surface area contributed by atoms with Crippen LogP contribution in [0.15, 0.2) is 48.5 Å². The average Bonchev–Trinajstić information content (AvgIpc) is 3.42. The third-order valence-electron chi connectivity index (χ3n) is 6.65. The lowest BCUT2D eigenvalue weighted by Gasteiger charge is -2.19. The van der Waals surface area contributed by atoms with Crippen molar-refractivity contribution in [3.05, 3.63) is 60.2 Å². The molecule has 1 saturated heterocycles. The lowest BCUT2D eigenvalue weighted by molar-refractivity contribution is 0.191. The molecule has 5 rings (SSSR count). The van der Waals surface area contributed by atoms with Crippen molar-refractivity contribution in [1.82, 2.24) is 25.3 Å². The number of hydrogen-bond donors (Lipinski definition) is 2. The molecule has 0 radical (unpaired) electrons. The van der Waals surface area contributed by atoms with Gasteiger partial charge in [0.25, 0.3) is 0 Å². The van der Waals surface area contributed by atoms with Crippen molar-refractivity contribution >= 4 is 40.8 Å². The lowest BCUT2D eigenvalue weighted by Crippen LogP contribution is -2.36. The van der Waals surface area contributed by atoms with Crippen molar-refractivity contribution < 1.29 is 19.4 Å². The number of aromatic nitrogens is 4. The van der Waals surface area contributed by atoms with Gasteiger partial charge in [0.1, 0.15) is 11.6 Å². The van der Waals surface area contributed by atoms with Gasteiger partial charge in [-0.15, -0.1) is 0 Å². The molecule has 40 heavy (non-hydrogen) atoms. The molecule has 206 valence electrons. The van der Waals surface area contributed by atoms with Crippen LogP contribution in [0, 0.1) is 0 Å². The number of ether oxygens (including phenoxy) is 2. The standard InChI is InChI=1S/C29H31N7O4/c1-35(2)28-20-7-5-6-8-21(20)31-26(34-28)12-11-25-32-22(18-9-10-23(39-3)24(15-18)40-4)16-27(33-25)36-14-13-19(17-36)30-29(37)38/h5-12,15-16,19,30H,13-14,17H2,1-4H3,(H,37,38)/b12-11+. The fourth-order valence-electron chi connectivity index (χ4n) is 4.74. The van der Waals surface area contributed by atoms with E-state index in [-0.39, 0.29) is 6.04 Å². The van der Waals surface area contributed by atoms with Gasteiger partial charge in [-0.1, -0.05) is 12.1 Å². The molecule has 3 heterocycles. The van der Waals surface area contributed by atoms with Crippen LogP contribution in [0.25, 0.3) is 34.3 Å². The molecule has 1 aliphatic rings. The number of amides is 1. The van der Waals surface area contributed by atoms with Gasteiger partial charge in [0.05, 0.1) is 31.5 Å². The zero-order valence-electron chi connectivity index (χ0n) is 22.8. The minimum atomic E-state index is -1.03. The summed E-state index contributed by atoms with van der Waals surface area (Å²) in [6, 6.07) is 15.2. The van der Waals surface area contributed by atoms with E-state index in [9.17, 15) is 4.79 Å². The number of nitrogens with one attached hydrogen (secondary N) is 1. The fraction of sp³-hybridized carbons (Fsp3) is 0.276. The Morgan fingerprint density at radius 2 is 1.75 bits per heavy atom. The zero-order valence-corrected chi connectivity index (χ0v) is 22.8. The summed E-state index contributed by atoms with van der Waals surface area (Å²) in [6.07, 6.45) is 3.25. The minimum Gasteiger partial charge on any atom is -0.493 e. The molecule has 2 aromatic carbocycles. The zero-order chi connectivity index (χ0) is 28.2. The summed E-state index contributed by atoms with van der Waals surface area (Å²) < 4.78 is 10.9. The van der Waals surface area contributed by atoms with E-state index in [0.717, 1.165) is 22.3 Å². The Morgan fingerprint density at radius 1 is 1.00 bits per heavy atom.